The Hall–Kier alpha value is -3.47. The molecule has 2 N–H and O–H groups in total. The molecule has 0 bridgehead atoms. The molecule has 1 aliphatic rings. The van der Waals surface area contributed by atoms with Crippen LogP contribution >= 0.6 is 0 Å². The number of carbonyl (C=O) groups excluding carboxylic acids is 1. The molecule has 1 aliphatic heterocycles. The highest BCUT2D eigenvalue weighted by Crippen LogP contribution is 2.32. The Balaban J connectivity index is 1.53. The monoisotopic (exact) mass is 474 g/mol. The van der Waals surface area contributed by atoms with E-state index in [4.69, 9.17) is 0 Å². The molecule has 0 spiro atoms. The van der Waals surface area contributed by atoms with Crippen molar-refractivity contribution in [1.82, 2.24) is 25.2 Å². The number of fused-ring (bicyclic) bond motifs is 1. The van der Waals surface area contributed by atoms with Crippen LogP contribution in [0.3, 0.4) is 0 Å². The third-order valence-electron chi connectivity index (χ3n) is 5.99. The summed E-state index contributed by atoms with van der Waals surface area (Å²) in [7, 11) is 1.46. The van der Waals surface area contributed by atoms with E-state index in [1.54, 1.807) is 23.2 Å². The summed E-state index contributed by atoms with van der Waals surface area (Å²) >= 11 is 0. The third-order valence-corrected chi connectivity index (χ3v) is 5.99. The maximum absolute atomic E-state index is 14.0. The normalized spacial score (nSPS) is 17.2. The minimum absolute atomic E-state index is 0.140. The van der Waals surface area contributed by atoms with Crippen molar-refractivity contribution in [2.24, 2.45) is 0 Å². The minimum atomic E-state index is -4.46. The number of hydrogen-bond donors (Lipinski definition) is 2. The predicted octanol–water partition coefficient (Wildman–Crippen LogP) is 2.49. The number of amides is 1. The Labute approximate surface area is 193 Å². The van der Waals surface area contributed by atoms with E-state index in [9.17, 15) is 22.8 Å². The number of aryl methyl sites for hydroxylation is 1. The van der Waals surface area contributed by atoms with Crippen LogP contribution in [0.1, 0.15) is 28.5 Å². The number of alkyl halides is 3. The molecular formula is C23H25F3N6O2. The Morgan fingerprint density at radius 2 is 2.00 bits per heavy atom. The second-order valence-corrected chi connectivity index (χ2v) is 8.22. The van der Waals surface area contributed by atoms with Gasteiger partial charge >= 0.3 is 6.18 Å². The lowest BCUT2D eigenvalue weighted by Gasteiger charge is -2.43. The molecular weight excluding hydrogens is 449 g/mol. The summed E-state index contributed by atoms with van der Waals surface area (Å²) in [5.41, 5.74) is 2.83. The molecule has 34 heavy (non-hydrogen) atoms. The second-order valence-electron chi connectivity index (χ2n) is 8.22. The molecule has 0 saturated carbocycles. The predicted molar refractivity (Wildman–Crippen MR) is 122 cm³/mol. The lowest BCUT2D eigenvalue weighted by atomic mass is 10.1. The molecule has 1 unspecified atom stereocenters. The third kappa shape index (κ3) is 4.89. The lowest BCUT2D eigenvalue weighted by Crippen LogP contribution is -2.59. The number of rotatable bonds is 5. The van der Waals surface area contributed by atoms with Crippen molar-refractivity contribution in [3.63, 3.8) is 0 Å². The van der Waals surface area contributed by atoms with Gasteiger partial charge < -0.3 is 15.2 Å². The van der Waals surface area contributed by atoms with Crippen molar-refractivity contribution in [3.05, 3.63) is 63.8 Å². The second kappa shape index (κ2) is 9.41. The van der Waals surface area contributed by atoms with Gasteiger partial charge in [-0.05, 0) is 36.2 Å². The fourth-order valence-corrected chi connectivity index (χ4v) is 4.16. The van der Waals surface area contributed by atoms with Gasteiger partial charge in [-0.1, -0.05) is 6.92 Å². The van der Waals surface area contributed by atoms with Crippen molar-refractivity contribution >= 4 is 22.6 Å². The highest BCUT2D eigenvalue weighted by molar-refractivity contribution is 5.92. The van der Waals surface area contributed by atoms with E-state index in [0.717, 1.165) is 5.56 Å². The van der Waals surface area contributed by atoms with E-state index in [-0.39, 0.29) is 30.9 Å². The van der Waals surface area contributed by atoms with Crippen LogP contribution in [0.25, 0.3) is 11.0 Å². The average Bonchev–Trinajstić information content (AvgIpc) is 2.82. The Morgan fingerprint density at radius 3 is 2.65 bits per heavy atom. The molecule has 8 nitrogen and oxygen atoms in total. The minimum Gasteiger partial charge on any atom is -0.356 e. The summed E-state index contributed by atoms with van der Waals surface area (Å²) in [4.78, 5) is 38.0. The topological polar surface area (TPSA) is 94.2 Å². The van der Waals surface area contributed by atoms with Gasteiger partial charge in [-0.25, -0.2) is 4.98 Å². The highest BCUT2D eigenvalue weighted by atomic mass is 19.4. The van der Waals surface area contributed by atoms with Gasteiger partial charge in [0.15, 0.2) is 0 Å². The summed E-state index contributed by atoms with van der Waals surface area (Å²) in [6, 6.07) is 4.67. The number of H-pyrrole nitrogens is 1. The fourth-order valence-electron chi connectivity index (χ4n) is 4.16. The number of nitrogens with one attached hydrogen (secondary N) is 2. The molecule has 1 atom stereocenters. The van der Waals surface area contributed by atoms with Gasteiger partial charge in [-0.15, -0.1) is 0 Å². The standard InChI is InChI=1S/C23H25F3N6O2/c1-3-15-9-18-19(30-21(15)33)8-14(10-28-18)12-31-6-7-32(20(13-31)23(24,25)26)16-4-5-17(29-11-16)22(34)27-2/h4-5,8-11,20H,3,6-7,12-13H2,1-2H3,(H,27,34)(H,30,33). The molecule has 0 aliphatic carbocycles. The van der Waals surface area contributed by atoms with Gasteiger partial charge in [0.25, 0.3) is 11.5 Å². The highest BCUT2D eigenvalue weighted by Gasteiger charge is 2.46. The van der Waals surface area contributed by atoms with Crippen LogP contribution in [0, 0.1) is 0 Å². The SMILES string of the molecule is CCc1cc2ncc(CN3CCN(c4ccc(C(=O)NC)nc4)C(C(F)(F)F)C3)cc2[nH]c1=O. The molecule has 3 aromatic heterocycles. The number of halogens is 3. The van der Waals surface area contributed by atoms with E-state index in [0.29, 0.717) is 35.2 Å². The Morgan fingerprint density at radius 1 is 1.21 bits per heavy atom. The first-order valence-corrected chi connectivity index (χ1v) is 10.9. The van der Waals surface area contributed by atoms with E-state index >= 15 is 0 Å². The summed E-state index contributed by atoms with van der Waals surface area (Å²) in [6.45, 7) is 2.46. The average molecular weight is 474 g/mol. The van der Waals surface area contributed by atoms with Crippen LogP contribution in [0.5, 0.6) is 0 Å². The molecule has 180 valence electrons. The number of pyridine rings is 3. The number of aromatic nitrogens is 3. The van der Waals surface area contributed by atoms with E-state index in [1.165, 1.54) is 30.3 Å². The summed E-state index contributed by atoms with van der Waals surface area (Å²) in [6.07, 6.45) is -0.937. The molecule has 11 heteroatoms. The van der Waals surface area contributed by atoms with Gasteiger partial charge in [0, 0.05) is 45.0 Å². The summed E-state index contributed by atoms with van der Waals surface area (Å²) in [5.74, 6) is -0.403. The van der Waals surface area contributed by atoms with Gasteiger partial charge in [0.1, 0.15) is 11.7 Å². The van der Waals surface area contributed by atoms with Crippen LogP contribution < -0.4 is 15.8 Å². The van der Waals surface area contributed by atoms with Crippen molar-refractivity contribution < 1.29 is 18.0 Å². The van der Waals surface area contributed by atoms with Crippen LogP contribution in [0.15, 0.2) is 41.5 Å². The van der Waals surface area contributed by atoms with Gasteiger partial charge in [0.05, 0.1) is 22.9 Å². The summed E-state index contributed by atoms with van der Waals surface area (Å²) < 4.78 is 41.9. The van der Waals surface area contributed by atoms with Crippen molar-refractivity contribution in [2.45, 2.75) is 32.1 Å². The van der Waals surface area contributed by atoms with E-state index in [1.807, 2.05) is 6.92 Å². The van der Waals surface area contributed by atoms with E-state index < -0.39 is 18.1 Å². The van der Waals surface area contributed by atoms with Crippen LogP contribution in [0.2, 0.25) is 0 Å². The number of nitrogens with zero attached hydrogens (tertiary/aromatic N) is 4. The van der Waals surface area contributed by atoms with Gasteiger partial charge in [0.2, 0.25) is 0 Å². The van der Waals surface area contributed by atoms with Gasteiger partial charge in [-0.3, -0.25) is 19.5 Å². The number of piperazine rings is 1. The molecule has 1 saturated heterocycles. The first kappa shape index (κ1) is 23.7. The molecule has 0 radical (unpaired) electrons. The smallest absolute Gasteiger partial charge is 0.356 e. The maximum atomic E-state index is 14.0. The number of aromatic amines is 1. The van der Waals surface area contributed by atoms with Crippen LogP contribution in [-0.2, 0) is 13.0 Å². The van der Waals surface area contributed by atoms with Crippen molar-refractivity contribution in [3.8, 4) is 0 Å². The first-order chi connectivity index (χ1) is 16.2. The molecule has 3 aromatic rings. The largest absolute Gasteiger partial charge is 0.409 e. The van der Waals surface area contributed by atoms with E-state index in [2.05, 4.69) is 20.3 Å². The summed E-state index contributed by atoms with van der Waals surface area (Å²) in [5, 5.41) is 2.44. The Bertz CT molecular complexity index is 1240. The molecule has 1 amide bonds. The van der Waals surface area contributed by atoms with Crippen molar-refractivity contribution in [1.29, 1.82) is 0 Å². The molecule has 1 fully saturated rings. The number of carbonyl (C=O) groups is 1. The Kier molecular flexibility index (Phi) is 6.56. The fraction of sp³-hybridized carbons (Fsp3) is 0.391. The number of hydrogen-bond acceptors (Lipinski definition) is 6. The molecule has 4 rings (SSSR count). The zero-order chi connectivity index (χ0) is 24.5. The zero-order valence-electron chi connectivity index (χ0n) is 18.8. The maximum Gasteiger partial charge on any atom is 0.409 e. The quantitative estimate of drug-likeness (QED) is 0.590. The van der Waals surface area contributed by atoms with Gasteiger partial charge in [-0.2, -0.15) is 13.2 Å². The van der Waals surface area contributed by atoms with Crippen molar-refractivity contribution in [2.75, 3.05) is 31.6 Å². The number of anilines is 1. The van der Waals surface area contributed by atoms with Crippen LogP contribution in [0.4, 0.5) is 18.9 Å². The lowest BCUT2D eigenvalue weighted by molar-refractivity contribution is -0.157. The molecule has 0 aromatic carbocycles. The molecule has 4 heterocycles. The van der Waals surface area contributed by atoms with Crippen LogP contribution in [-0.4, -0.2) is 64.7 Å². The zero-order valence-corrected chi connectivity index (χ0v) is 18.8. The first-order valence-electron chi connectivity index (χ1n) is 10.9.